The average molecular weight is 419 g/mol. The van der Waals surface area contributed by atoms with Crippen LogP contribution in [0.15, 0.2) is 46.0 Å². The van der Waals surface area contributed by atoms with Gasteiger partial charge in [-0.05, 0) is 47.7 Å². The van der Waals surface area contributed by atoms with Crippen molar-refractivity contribution in [2.24, 2.45) is 5.10 Å². The van der Waals surface area contributed by atoms with Crippen LogP contribution in [0, 0.1) is 6.92 Å². The third-order valence-electron chi connectivity index (χ3n) is 3.78. The quantitative estimate of drug-likeness (QED) is 0.561. The van der Waals surface area contributed by atoms with E-state index in [0.29, 0.717) is 11.3 Å². The monoisotopic (exact) mass is 418 g/mol. The standard InChI is InChI=1S/C20H23BrN2O3/c1-13-9-15(20(2,3)4)5-8-18(13)26-12-19(25)23-22-11-14-10-16(21)6-7-17(14)24/h5-11,24H,12H2,1-4H3,(H,23,25). The predicted octanol–water partition coefficient (Wildman–Crippen LogP) is 4.29. The highest BCUT2D eigenvalue weighted by Crippen LogP contribution is 2.27. The molecule has 0 unspecified atom stereocenters. The second-order valence-corrected chi connectivity index (χ2v) is 7.93. The molecule has 0 spiro atoms. The van der Waals surface area contributed by atoms with Crippen LogP contribution in [-0.2, 0) is 10.2 Å². The smallest absolute Gasteiger partial charge is 0.277 e. The van der Waals surface area contributed by atoms with Crippen LogP contribution in [0.3, 0.4) is 0 Å². The Morgan fingerprint density at radius 2 is 2.00 bits per heavy atom. The van der Waals surface area contributed by atoms with Crippen LogP contribution in [0.5, 0.6) is 11.5 Å². The van der Waals surface area contributed by atoms with Crippen LogP contribution >= 0.6 is 15.9 Å². The number of phenols is 1. The normalized spacial score (nSPS) is 11.6. The van der Waals surface area contributed by atoms with Gasteiger partial charge in [0.15, 0.2) is 6.61 Å². The van der Waals surface area contributed by atoms with Crippen molar-refractivity contribution < 1.29 is 14.6 Å². The maximum Gasteiger partial charge on any atom is 0.277 e. The Labute approximate surface area is 162 Å². The lowest BCUT2D eigenvalue weighted by Gasteiger charge is -2.20. The molecule has 0 bridgehead atoms. The Morgan fingerprint density at radius 1 is 1.27 bits per heavy atom. The molecule has 0 fully saturated rings. The van der Waals surface area contributed by atoms with Gasteiger partial charge in [0.2, 0.25) is 0 Å². The molecule has 0 heterocycles. The van der Waals surface area contributed by atoms with Gasteiger partial charge in [-0.2, -0.15) is 5.10 Å². The van der Waals surface area contributed by atoms with E-state index in [9.17, 15) is 9.90 Å². The number of hydrogen-bond acceptors (Lipinski definition) is 4. The summed E-state index contributed by atoms with van der Waals surface area (Å²) in [7, 11) is 0. The van der Waals surface area contributed by atoms with E-state index in [0.717, 1.165) is 10.0 Å². The second-order valence-electron chi connectivity index (χ2n) is 7.02. The van der Waals surface area contributed by atoms with E-state index in [1.165, 1.54) is 11.8 Å². The number of rotatable bonds is 5. The average Bonchev–Trinajstić information content (AvgIpc) is 2.56. The first kappa shape index (κ1) is 20.0. The molecule has 5 nitrogen and oxygen atoms in total. The highest BCUT2D eigenvalue weighted by Gasteiger charge is 2.15. The number of aryl methyl sites for hydroxylation is 1. The van der Waals surface area contributed by atoms with Crippen molar-refractivity contribution in [3.8, 4) is 11.5 Å². The first-order valence-electron chi connectivity index (χ1n) is 8.21. The lowest BCUT2D eigenvalue weighted by molar-refractivity contribution is -0.123. The van der Waals surface area contributed by atoms with Gasteiger partial charge in [0, 0.05) is 10.0 Å². The van der Waals surface area contributed by atoms with Crippen molar-refractivity contribution in [2.45, 2.75) is 33.1 Å². The van der Waals surface area contributed by atoms with Gasteiger partial charge in [-0.25, -0.2) is 5.43 Å². The Kier molecular flexibility index (Phi) is 6.42. The fourth-order valence-electron chi connectivity index (χ4n) is 2.26. The number of ether oxygens (including phenoxy) is 1. The van der Waals surface area contributed by atoms with Crippen LogP contribution in [0.4, 0.5) is 0 Å². The number of hydrazone groups is 1. The summed E-state index contributed by atoms with van der Waals surface area (Å²) in [5.41, 5.74) is 5.13. The lowest BCUT2D eigenvalue weighted by Crippen LogP contribution is -2.24. The van der Waals surface area contributed by atoms with Crippen LogP contribution in [0.25, 0.3) is 0 Å². The highest BCUT2D eigenvalue weighted by atomic mass is 79.9. The highest BCUT2D eigenvalue weighted by molar-refractivity contribution is 9.10. The molecular weight excluding hydrogens is 396 g/mol. The van der Waals surface area contributed by atoms with E-state index in [4.69, 9.17) is 4.74 Å². The maximum atomic E-state index is 11.9. The van der Waals surface area contributed by atoms with E-state index in [-0.39, 0.29) is 23.7 Å². The number of carbonyl (C=O) groups excluding carboxylic acids is 1. The van der Waals surface area contributed by atoms with Gasteiger partial charge in [0.25, 0.3) is 5.91 Å². The molecule has 0 aliphatic carbocycles. The molecule has 2 aromatic carbocycles. The Bertz CT molecular complexity index is 826. The largest absolute Gasteiger partial charge is 0.507 e. The molecule has 26 heavy (non-hydrogen) atoms. The molecule has 2 aromatic rings. The van der Waals surface area contributed by atoms with Crippen LogP contribution in [0.2, 0.25) is 0 Å². The number of benzene rings is 2. The molecule has 0 saturated carbocycles. The van der Waals surface area contributed by atoms with Gasteiger partial charge in [-0.15, -0.1) is 0 Å². The lowest BCUT2D eigenvalue weighted by atomic mass is 9.86. The summed E-state index contributed by atoms with van der Waals surface area (Å²) in [4.78, 5) is 11.9. The summed E-state index contributed by atoms with van der Waals surface area (Å²) < 4.78 is 6.38. The molecule has 0 aliphatic rings. The molecular formula is C20H23BrN2O3. The molecule has 1 amide bonds. The summed E-state index contributed by atoms with van der Waals surface area (Å²) in [6, 6.07) is 10.9. The van der Waals surface area contributed by atoms with Crippen molar-refractivity contribution in [3.05, 3.63) is 57.6 Å². The number of hydrogen-bond donors (Lipinski definition) is 2. The first-order chi connectivity index (χ1) is 12.2. The Balaban J connectivity index is 1.91. The van der Waals surface area contributed by atoms with Gasteiger partial charge in [-0.1, -0.05) is 48.8 Å². The number of nitrogens with zero attached hydrogens (tertiary/aromatic N) is 1. The van der Waals surface area contributed by atoms with E-state index in [1.54, 1.807) is 18.2 Å². The van der Waals surface area contributed by atoms with E-state index in [2.05, 4.69) is 53.3 Å². The zero-order valence-electron chi connectivity index (χ0n) is 15.3. The van der Waals surface area contributed by atoms with E-state index in [1.807, 2.05) is 19.1 Å². The van der Waals surface area contributed by atoms with Crippen molar-refractivity contribution >= 4 is 28.1 Å². The summed E-state index contributed by atoms with van der Waals surface area (Å²) in [6.07, 6.45) is 1.38. The molecule has 0 aromatic heterocycles. The summed E-state index contributed by atoms with van der Waals surface area (Å²) >= 11 is 3.31. The van der Waals surface area contributed by atoms with Crippen LogP contribution in [0.1, 0.15) is 37.5 Å². The fourth-order valence-corrected chi connectivity index (χ4v) is 2.63. The minimum atomic E-state index is -0.380. The number of nitrogens with one attached hydrogen (secondary N) is 1. The fraction of sp³-hybridized carbons (Fsp3) is 0.300. The minimum absolute atomic E-state index is 0.0629. The SMILES string of the molecule is Cc1cc(C(C)(C)C)ccc1OCC(=O)NN=Cc1cc(Br)ccc1O. The van der Waals surface area contributed by atoms with Crippen molar-refractivity contribution in [2.75, 3.05) is 6.61 Å². The predicted molar refractivity (Wildman–Crippen MR) is 107 cm³/mol. The topological polar surface area (TPSA) is 70.9 Å². The Morgan fingerprint density at radius 3 is 2.65 bits per heavy atom. The maximum absolute atomic E-state index is 11.9. The number of phenolic OH excluding ortho intramolecular Hbond substituents is 1. The summed E-state index contributed by atoms with van der Waals surface area (Å²) in [5, 5.41) is 13.6. The van der Waals surface area contributed by atoms with Gasteiger partial charge in [-0.3, -0.25) is 4.79 Å². The first-order valence-corrected chi connectivity index (χ1v) is 9.00. The number of amides is 1. The molecule has 0 saturated heterocycles. The molecule has 0 aliphatic heterocycles. The molecule has 6 heteroatoms. The number of halogens is 1. The van der Waals surface area contributed by atoms with Crippen LogP contribution in [-0.4, -0.2) is 23.8 Å². The van der Waals surface area contributed by atoms with Gasteiger partial charge >= 0.3 is 0 Å². The number of aromatic hydroxyl groups is 1. The van der Waals surface area contributed by atoms with Crippen LogP contribution < -0.4 is 10.2 Å². The second kappa shape index (κ2) is 8.36. The van der Waals surface area contributed by atoms with Crippen molar-refractivity contribution in [1.29, 1.82) is 0 Å². The molecule has 2 N–H and O–H groups in total. The van der Waals surface area contributed by atoms with Crippen molar-refractivity contribution in [1.82, 2.24) is 5.43 Å². The molecule has 2 rings (SSSR count). The summed E-state index contributed by atoms with van der Waals surface area (Å²) in [6.45, 7) is 8.26. The zero-order valence-corrected chi connectivity index (χ0v) is 16.9. The Hall–Kier alpha value is -2.34. The van der Waals surface area contributed by atoms with E-state index >= 15 is 0 Å². The van der Waals surface area contributed by atoms with E-state index < -0.39 is 0 Å². The van der Waals surface area contributed by atoms with Gasteiger partial charge in [0.1, 0.15) is 11.5 Å². The molecule has 138 valence electrons. The zero-order chi connectivity index (χ0) is 19.3. The minimum Gasteiger partial charge on any atom is -0.507 e. The molecule has 0 atom stereocenters. The summed E-state index contributed by atoms with van der Waals surface area (Å²) in [5.74, 6) is 0.369. The third-order valence-corrected chi connectivity index (χ3v) is 4.28. The van der Waals surface area contributed by atoms with Gasteiger partial charge in [0.05, 0.1) is 6.21 Å². The molecule has 0 radical (unpaired) electrons. The van der Waals surface area contributed by atoms with Crippen molar-refractivity contribution in [3.63, 3.8) is 0 Å². The third kappa shape index (κ3) is 5.59. The number of carbonyl (C=O) groups is 1. The van der Waals surface area contributed by atoms with Gasteiger partial charge < -0.3 is 9.84 Å².